The number of ether oxygens (including phenoxy) is 4. The van der Waals surface area contributed by atoms with Crippen LogP contribution in [0.15, 0.2) is 23.8 Å². The smallest absolute Gasteiger partial charge is 0.213 e. The van der Waals surface area contributed by atoms with Crippen LogP contribution in [-0.2, 0) is 24.5 Å². The maximum atomic E-state index is 14.4. The van der Waals surface area contributed by atoms with Crippen molar-refractivity contribution in [3.63, 3.8) is 0 Å². The van der Waals surface area contributed by atoms with Crippen LogP contribution < -0.4 is 9.47 Å². The van der Waals surface area contributed by atoms with Crippen molar-refractivity contribution in [2.24, 2.45) is 11.3 Å². The SMILES string of the molecule is COc1ccc(OC)c2c1C(=O)[C@@H]1[C@@H](O[Si](C)(C)C(C)(C)C)C(C)=CC[C@]1(C=O)C21OCCO1. The molecule has 0 unspecified atom stereocenters. The maximum Gasteiger partial charge on any atom is 0.213 e. The lowest BCUT2D eigenvalue weighted by molar-refractivity contribution is -0.257. The molecule has 186 valence electrons. The summed E-state index contributed by atoms with van der Waals surface area (Å²) in [6.45, 7) is 13.3. The van der Waals surface area contributed by atoms with Crippen LogP contribution in [0.5, 0.6) is 11.5 Å². The number of carbonyl (C=O) groups excluding carboxylic acids is 2. The van der Waals surface area contributed by atoms with Crippen molar-refractivity contribution in [1.82, 2.24) is 0 Å². The fourth-order valence-corrected chi connectivity index (χ4v) is 6.67. The number of rotatable bonds is 5. The highest BCUT2D eigenvalue weighted by Gasteiger charge is 2.70. The van der Waals surface area contributed by atoms with E-state index < -0.39 is 31.5 Å². The number of fused-ring (bicyclic) bond motifs is 4. The number of aldehydes is 1. The quantitative estimate of drug-likeness (QED) is 0.339. The first-order valence-corrected chi connectivity index (χ1v) is 14.7. The van der Waals surface area contributed by atoms with Crippen molar-refractivity contribution < 1.29 is 33.0 Å². The van der Waals surface area contributed by atoms with E-state index in [-0.39, 0.29) is 10.8 Å². The molecule has 1 fully saturated rings. The molecule has 2 aliphatic carbocycles. The van der Waals surface area contributed by atoms with Gasteiger partial charge in [0.25, 0.3) is 0 Å². The van der Waals surface area contributed by atoms with Gasteiger partial charge in [-0.2, -0.15) is 0 Å². The van der Waals surface area contributed by atoms with Gasteiger partial charge in [0.1, 0.15) is 23.2 Å². The lowest BCUT2D eigenvalue weighted by Gasteiger charge is -2.55. The summed E-state index contributed by atoms with van der Waals surface area (Å²) < 4.78 is 30.8. The monoisotopic (exact) mass is 488 g/mol. The highest BCUT2D eigenvalue weighted by atomic mass is 28.4. The second kappa shape index (κ2) is 8.29. The number of benzene rings is 1. The second-order valence-electron chi connectivity index (χ2n) is 11.0. The average Bonchev–Trinajstić information content (AvgIpc) is 3.28. The summed E-state index contributed by atoms with van der Waals surface area (Å²) in [4.78, 5) is 27.5. The number of allylic oxidation sites excluding steroid dienone is 1. The van der Waals surface area contributed by atoms with Gasteiger partial charge in [-0.1, -0.05) is 26.8 Å². The lowest BCUT2D eigenvalue weighted by atomic mass is 9.54. The van der Waals surface area contributed by atoms with Crippen LogP contribution in [0.3, 0.4) is 0 Å². The molecule has 3 atom stereocenters. The third kappa shape index (κ3) is 3.26. The van der Waals surface area contributed by atoms with E-state index in [0.717, 1.165) is 11.9 Å². The Morgan fingerprint density at radius 2 is 1.68 bits per heavy atom. The Balaban J connectivity index is 2.03. The van der Waals surface area contributed by atoms with Crippen molar-refractivity contribution in [3.05, 3.63) is 34.9 Å². The molecular formula is C26H36O7Si. The molecule has 1 spiro atoms. The topological polar surface area (TPSA) is 80.3 Å². The molecule has 1 aromatic carbocycles. The predicted octanol–water partition coefficient (Wildman–Crippen LogP) is 4.64. The van der Waals surface area contributed by atoms with E-state index in [1.54, 1.807) is 12.1 Å². The largest absolute Gasteiger partial charge is 0.496 e. The van der Waals surface area contributed by atoms with Crippen LogP contribution in [0.1, 0.15) is 50.0 Å². The Morgan fingerprint density at radius 1 is 1.09 bits per heavy atom. The van der Waals surface area contributed by atoms with Crippen LogP contribution in [0.25, 0.3) is 0 Å². The molecule has 0 amide bonds. The molecule has 0 N–H and O–H groups in total. The minimum atomic E-state index is -2.31. The fourth-order valence-electron chi connectivity index (χ4n) is 5.36. The number of hydrogen-bond donors (Lipinski definition) is 0. The van der Waals surface area contributed by atoms with Crippen molar-refractivity contribution in [3.8, 4) is 11.5 Å². The third-order valence-electron chi connectivity index (χ3n) is 8.24. The van der Waals surface area contributed by atoms with Gasteiger partial charge < -0.3 is 28.2 Å². The molecule has 1 aromatic rings. The lowest BCUT2D eigenvalue weighted by Crippen LogP contribution is -2.64. The van der Waals surface area contributed by atoms with E-state index in [4.69, 9.17) is 23.4 Å². The minimum absolute atomic E-state index is 0.0802. The molecule has 4 rings (SSSR count). The Bertz CT molecular complexity index is 1030. The summed E-state index contributed by atoms with van der Waals surface area (Å²) in [6.07, 6.45) is 2.57. The van der Waals surface area contributed by atoms with E-state index >= 15 is 0 Å². The molecule has 0 radical (unpaired) electrons. The average molecular weight is 489 g/mol. The molecule has 7 nitrogen and oxygen atoms in total. The molecule has 1 heterocycles. The molecule has 1 aliphatic heterocycles. The molecule has 1 saturated heterocycles. The van der Waals surface area contributed by atoms with E-state index in [0.29, 0.717) is 42.3 Å². The van der Waals surface area contributed by atoms with Crippen molar-refractivity contribution >= 4 is 20.4 Å². The highest BCUT2D eigenvalue weighted by Crippen LogP contribution is 2.63. The standard InChI is InChI=1S/C26H36O7Si/c1-16-11-12-25(15-27)21(23(16)33-34(7,8)24(2,3)4)22(28)19-17(29-5)9-10-18(30-6)20(19)26(25)31-13-14-32-26/h9-11,15,21,23H,12-14H2,1-8H3/t21-,23+,25-/m1/s1. The molecule has 0 bridgehead atoms. The summed E-state index contributed by atoms with van der Waals surface area (Å²) in [5.74, 6) is -1.68. The van der Waals surface area contributed by atoms with Crippen LogP contribution in [0.4, 0.5) is 0 Å². The number of methoxy groups -OCH3 is 2. The Kier molecular flexibility index (Phi) is 6.12. The minimum Gasteiger partial charge on any atom is -0.496 e. The summed E-state index contributed by atoms with van der Waals surface area (Å²) in [7, 11) is 0.740. The number of Topliss-reactive ketones (excluding diaryl/α,β-unsaturated/α-hetero) is 1. The Labute approximate surface area is 202 Å². The maximum absolute atomic E-state index is 14.4. The second-order valence-corrected chi connectivity index (χ2v) is 15.7. The normalized spacial score (nSPS) is 28.2. The molecule has 8 heteroatoms. The Morgan fingerprint density at radius 3 is 2.21 bits per heavy atom. The van der Waals surface area contributed by atoms with Crippen molar-refractivity contribution in [2.45, 2.75) is 64.1 Å². The van der Waals surface area contributed by atoms with E-state index in [2.05, 4.69) is 33.9 Å². The molecule has 0 aromatic heterocycles. The number of ketones is 1. The summed E-state index contributed by atoms with van der Waals surface area (Å²) in [5, 5.41) is -0.0802. The van der Waals surface area contributed by atoms with Gasteiger partial charge >= 0.3 is 0 Å². The zero-order valence-corrected chi connectivity index (χ0v) is 22.4. The van der Waals surface area contributed by atoms with E-state index in [1.165, 1.54) is 14.2 Å². The van der Waals surface area contributed by atoms with Crippen LogP contribution in [0, 0.1) is 11.3 Å². The highest BCUT2D eigenvalue weighted by molar-refractivity contribution is 6.74. The summed E-state index contributed by atoms with van der Waals surface area (Å²) >= 11 is 0. The first-order chi connectivity index (χ1) is 15.9. The van der Waals surface area contributed by atoms with Crippen molar-refractivity contribution in [2.75, 3.05) is 27.4 Å². The van der Waals surface area contributed by atoms with Gasteiger partial charge in [-0.25, -0.2) is 0 Å². The Hall–Kier alpha value is -2.00. The van der Waals surface area contributed by atoms with Gasteiger partial charge in [0.2, 0.25) is 5.79 Å². The van der Waals surface area contributed by atoms with Gasteiger partial charge in [0, 0.05) is 0 Å². The zero-order chi connectivity index (χ0) is 25.1. The summed E-state index contributed by atoms with van der Waals surface area (Å²) in [6, 6.07) is 3.44. The van der Waals surface area contributed by atoms with E-state index in [1.807, 2.05) is 13.0 Å². The van der Waals surface area contributed by atoms with Gasteiger partial charge in [-0.05, 0) is 49.2 Å². The van der Waals surface area contributed by atoms with Crippen LogP contribution >= 0.6 is 0 Å². The van der Waals surface area contributed by atoms with Gasteiger partial charge in [0.15, 0.2) is 14.1 Å². The van der Waals surface area contributed by atoms with Gasteiger partial charge in [-0.15, -0.1) is 0 Å². The number of carbonyl (C=O) groups is 2. The third-order valence-corrected chi connectivity index (χ3v) is 12.7. The fraction of sp³-hybridized carbons (Fsp3) is 0.615. The van der Waals surface area contributed by atoms with Gasteiger partial charge in [0.05, 0.1) is 50.6 Å². The molecular weight excluding hydrogens is 452 g/mol. The molecule has 0 saturated carbocycles. The zero-order valence-electron chi connectivity index (χ0n) is 21.4. The van der Waals surface area contributed by atoms with Crippen LogP contribution in [0.2, 0.25) is 18.1 Å². The first kappa shape index (κ1) is 25.1. The van der Waals surface area contributed by atoms with E-state index in [9.17, 15) is 9.59 Å². The van der Waals surface area contributed by atoms with Gasteiger partial charge in [-0.3, -0.25) is 4.79 Å². The predicted molar refractivity (Wildman–Crippen MR) is 130 cm³/mol. The first-order valence-electron chi connectivity index (χ1n) is 11.8. The van der Waals surface area contributed by atoms with Crippen molar-refractivity contribution in [1.29, 1.82) is 0 Å². The summed E-state index contributed by atoms with van der Waals surface area (Å²) in [5.41, 5.74) is 0.405. The molecule has 34 heavy (non-hydrogen) atoms. The number of hydrogen-bond acceptors (Lipinski definition) is 7. The molecule has 3 aliphatic rings. The van der Waals surface area contributed by atoms with Crippen LogP contribution in [-0.4, -0.2) is 53.9 Å².